The van der Waals surface area contributed by atoms with Gasteiger partial charge in [0.05, 0.1) is 6.04 Å². The molecule has 0 radical (unpaired) electrons. The predicted molar refractivity (Wildman–Crippen MR) is 116 cm³/mol. The maximum absolute atomic E-state index is 13.3. The van der Waals surface area contributed by atoms with Gasteiger partial charge in [0.1, 0.15) is 12.6 Å². The second kappa shape index (κ2) is 10.3. The lowest BCUT2D eigenvalue weighted by atomic mass is 9.89. The fourth-order valence-corrected chi connectivity index (χ4v) is 5.59. The number of para-hydroxylation sites is 1. The molecule has 0 bridgehead atoms. The van der Waals surface area contributed by atoms with Gasteiger partial charge in [-0.15, -0.1) is 0 Å². The Morgan fingerprint density at radius 1 is 1.23 bits per heavy atom. The Kier molecular flexibility index (Phi) is 7.74. The number of piperidine rings is 1. The number of nitrogens with one attached hydrogen (secondary N) is 2. The van der Waals surface area contributed by atoms with Crippen molar-refractivity contribution < 1.29 is 24.6 Å². The Hall–Kier alpha value is -2.10. The molecule has 3 rings (SSSR count). The Morgan fingerprint density at radius 3 is 2.57 bits per heavy atom. The number of fused-ring (bicyclic) bond motifs is 1. The van der Waals surface area contributed by atoms with Crippen molar-refractivity contribution in [1.29, 1.82) is 0 Å². The van der Waals surface area contributed by atoms with Crippen LogP contribution in [0.1, 0.15) is 24.8 Å². The average molecular weight is 436 g/mol. The van der Waals surface area contributed by atoms with Crippen molar-refractivity contribution in [2.75, 3.05) is 30.8 Å². The topological polar surface area (TPSA) is 119 Å². The number of anilines is 1. The molecule has 1 amide bonds. The largest absolute Gasteiger partial charge is 0.480 e. The number of hydrogen-bond acceptors (Lipinski definition) is 6. The quantitative estimate of drug-likeness (QED) is 0.481. The highest BCUT2D eigenvalue weighted by Crippen LogP contribution is 2.30. The van der Waals surface area contributed by atoms with Crippen LogP contribution in [0.15, 0.2) is 24.3 Å². The highest BCUT2D eigenvalue weighted by molar-refractivity contribution is 7.99. The minimum absolute atomic E-state index is 0.170. The molecule has 9 heteroatoms. The van der Waals surface area contributed by atoms with Gasteiger partial charge >= 0.3 is 11.9 Å². The smallest absolute Gasteiger partial charge is 0.323 e. The normalized spacial score (nSPS) is 22.1. The molecule has 0 saturated carbocycles. The molecular formula is C21H29N3O5S. The molecule has 2 unspecified atom stereocenters. The Bertz CT molecular complexity index is 784. The zero-order valence-electron chi connectivity index (χ0n) is 17.0. The molecule has 164 valence electrons. The summed E-state index contributed by atoms with van der Waals surface area (Å²) in [6.45, 7) is 1.27. The monoisotopic (exact) mass is 435 g/mol. The molecule has 0 aliphatic carbocycles. The van der Waals surface area contributed by atoms with Gasteiger partial charge in [-0.2, -0.15) is 11.8 Å². The van der Waals surface area contributed by atoms with Gasteiger partial charge in [0.2, 0.25) is 5.91 Å². The van der Waals surface area contributed by atoms with Gasteiger partial charge in [0.25, 0.3) is 0 Å². The summed E-state index contributed by atoms with van der Waals surface area (Å²) < 4.78 is 0. The van der Waals surface area contributed by atoms with Crippen molar-refractivity contribution in [3.63, 3.8) is 0 Å². The van der Waals surface area contributed by atoms with E-state index in [2.05, 4.69) is 10.6 Å². The van der Waals surface area contributed by atoms with Crippen molar-refractivity contribution in [2.45, 2.75) is 43.0 Å². The van der Waals surface area contributed by atoms with Crippen LogP contribution in [-0.2, 0) is 20.8 Å². The summed E-state index contributed by atoms with van der Waals surface area (Å²) in [5.41, 5.74) is 1.48. The van der Waals surface area contributed by atoms with Crippen LogP contribution >= 0.6 is 11.8 Å². The number of carboxylic acids is 2. The SMILES string of the molecule is CS[C@@H](C1CCNCC1)C(NC1CCc2ccccc2N(CC(=O)O)C1=O)C(=O)O. The molecule has 1 fully saturated rings. The van der Waals surface area contributed by atoms with Crippen molar-refractivity contribution in [1.82, 2.24) is 10.6 Å². The van der Waals surface area contributed by atoms with E-state index in [9.17, 15) is 24.6 Å². The summed E-state index contributed by atoms with van der Waals surface area (Å²) >= 11 is 1.52. The van der Waals surface area contributed by atoms with Gasteiger partial charge in [-0.05, 0) is 62.6 Å². The van der Waals surface area contributed by atoms with Crippen LogP contribution in [0.3, 0.4) is 0 Å². The summed E-state index contributed by atoms with van der Waals surface area (Å²) in [6.07, 6.45) is 4.69. The van der Waals surface area contributed by atoms with Gasteiger partial charge < -0.3 is 15.5 Å². The van der Waals surface area contributed by atoms with Crippen LogP contribution in [-0.4, -0.2) is 71.3 Å². The van der Waals surface area contributed by atoms with Crippen LogP contribution in [0.5, 0.6) is 0 Å². The zero-order valence-corrected chi connectivity index (χ0v) is 17.9. The molecule has 2 heterocycles. The summed E-state index contributed by atoms with van der Waals surface area (Å²) in [5.74, 6) is -2.24. The van der Waals surface area contributed by atoms with Crippen molar-refractivity contribution in [3.8, 4) is 0 Å². The van der Waals surface area contributed by atoms with Crippen LogP contribution in [0.25, 0.3) is 0 Å². The number of carbonyl (C=O) groups is 3. The lowest BCUT2D eigenvalue weighted by Gasteiger charge is -2.35. The van der Waals surface area contributed by atoms with Gasteiger partial charge in [0.15, 0.2) is 0 Å². The van der Waals surface area contributed by atoms with Gasteiger partial charge in [0, 0.05) is 10.9 Å². The van der Waals surface area contributed by atoms with Gasteiger partial charge in [-0.3, -0.25) is 24.6 Å². The van der Waals surface area contributed by atoms with Crippen LogP contribution in [0, 0.1) is 5.92 Å². The minimum Gasteiger partial charge on any atom is -0.480 e. The third kappa shape index (κ3) is 5.14. The van der Waals surface area contributed by atoms with Crippen molar-refractivity contribution >= 4 is 35.3 Å². The first-order valence-corrected chi connectivity index (χ1v) is 11.5. The average Bonchev–Trinajstić information content (AvgIpc) is 2.86. The van der Waals surface area contributed by atoms with E-state index in [4.69, 9.17) is 0 Å². The number of aliphatic carboxylic acids is 2. The second-order valence-electron chi connectivity index (χ2n) is 7.81. The number of amides is 1. The molecule has 1 aromatic rings. The minimum atomic E-state index is -1.11. The van der Waals surface area contributed by atoms with E-state index < -0.39 is 36.5 Å². The van der Waals surface area contributed by atoms with Gasteiger partial charge in [-0.1, -0.05) is 18.2 Å². The highest BCUT2D eigenvalue weighted by Gasteiger charge is 2.39. The number of carbonyl (C=O) groups excluding carboxylic acids is 1. The number of nitrogens with zero attached hydrogens (tertiary/aromatic N) is 1. The van der Waals surface area contributed by atoms with E-state index in [1.165, 1.54) is 16.7 Å². The summed E-state index contributed by atoms with van der Waals surface area (Å²) in [7, 11) is 0. The Morgan fingerprint density at radius 2 is 1.93 bits per heavy atom. The first-order valence-electron chi connectivity index (χ1n) is 10.3. The molecule has 8 nitrogen and oxygen atoms in total. The molecule has 2 aliphatic heterocycles. The maximum Gasteiger partial charge on any atom is 0.323 e. The van der Waals surface area contributed by atoms with E-state index >= 15 is 0 Å². The second-order valence-corrected chi connectivity index (χ2v) is 8.82. The standard InChI is InChI=1S/C21H29N3O5S/c1-30-19(14-8-10-22-11-9-14)18(21(28)29)23-15-7-6-13-4-2-3-5-16(13)24(20(15)27)12-17(25)26/h2-5,14-15,18-19,22-23H,6-12H2,1H3,(H,25,26)(H,28,29)/t15?,18?,19-/m0/s1. The lowest BCUT2D eigenvalue weighted by Crippen LogP contribution is -2.57. The van der Waals surface area contributed by atoms with Crippen molar-refractivity contribution in [2.24, 2.45) is 5.92 Å². The molecule has 0 spiro atoms. The van der Waals surface area contributed by atoms with Crippen LogP contribution in [0.2, 0.25) is 0 Å². The summed E-state index contributed by atoms with van der Waals surface area (Å²) in [5, 5.41) is 25.5. The lowest BCUT2D eigenvalue weighted by molar-refractivity contribution is -0.141. The Balaban J connectivity index is 1.84. The van der Waals surface area contributed by atoms with Crippen LogP contribution < -0.4 is 15.5 Å². The summed E-state index contributed by atoms with van der Waals surface area (Å²) in [6, 6.07) is 5.62. The van der Waals surface area contributed by atoms with E-state index in [1.807, 2.05) is 18.4 Å². The molecule has 2 aliphatic rings. The summed E-state index contributed by atoms with van der Waals surface area (Å²) in [4.78, 5) is 38.1. The molecule has 3 atom stereocenters. The van der Waals surface area contributed by atoms with E-state index in [-0.39, 0.29) is 11.2 Å². The molecule has 1 saturated heterocycles. The van der Waals surface area contributed by atoms with Crippen LogP contribution in [0.4, 0.5) is 5.69 Å². The number of carboxylic acid groups (broad SMARTS) is 2. The van der Waals surface area contributed by atoms with Gasteiger partial charge in [-0.25, -0.2) is 0 Å². The third-order valence-corrected chi connectivity index (χ3v) is 7.14. The zero-order chi connectivity index (χ0) is 21.7. The fraction of sp³-hybridized carbons (Fsp3) is 0.571. The number of rotatable bonds is 8. The molecular weight excluding hydrogens is 406 g/mol. The van der Waals surface area contributed by atoms with Crippen molar-refractivity contribution in [3.05, 3.63) is 29.8 Å². The Labute approximate surface area is 180 Å². The third-order valence-electron chi connectivity index (χ3n) is 5.94. The molecule has 4 N–H and O–H groups in total. The first kappa shape index (κ1) is 22.6. The van der Waals surface area contributed by atoms with E-state index in [0.717, 1.165) is 31.5 Å². The predicted octanol–water partition coefficient (Wildman–Crippen LogP) is 1.19. The van der Waals surface area contributed by atoms with E-state index in [1.54, 1.807) is 12.1 Å². The number of aryl methyl sites for hydroxylation is 1. The number of benzene rings is 1. The highest BCUT2D eigenvalue weighted by atomic mass is 32.2. The first-order chi connectivity index (χ1) is 14.4. The number of thioether (sulfide) groups is 1. The maximum atomic E-state index is 13.3. The van der Waals surface area contributed by atoms with E-state index in [0.29, 0.717) is 18.5 Å². The number of hydrogen-bond donors (Lipinski definition) is 4. The molecule has 1 aromatic carbocycles. The fourth-order valence-electron chi connectivity index (χ4n) is 4.47. The molecule has 0 aromatic heterocycles. The molecule has 30 heavy (non-hydrogen) atoms.